The fourth-order valence-corrected chi connectivity index (χ4v) is 3.07. The second kappa shape index (κ2) is 8.01. The molecule has 0 aromatic carbocycles. The molecule has 8 heteroatoms. The third-order valence-electron chi connectivity index (χ3n) is 3.74. The number of hydrogen-bond donors (Lipinski definition) is 1. The summed E-state index contributed by atoms with van der Waals surface area (Å²) in [7, 11) is 3.87. The lowest BCUT2D eigenvalue weighted by molar-refractivity contribution is 0.0957. The van der Waals surface area contributed by atoms with E-state index in [4.69, 9.17) is 0 Å². The number of thiazole rings is 1. The summed E-state index contributed by atoms with van der Waals surface area (Å²) in [4.78, 5) is 32.4. The first kappa shape index (κ1) is 17.9. The van der Waals surface area contributed by atoms with Gasteiger partial charge in [0, 0.05) is 45.0 Å². The number of anilines is 1. The van der Waals surface area contributed by atoms with Gasteiger partial charge in [0.2, 0.25) is 0 Å². The van der Waals surface area contributed by atoms with Crippen LogP contribution in [0.4, 0.5) is 5.82 Å². The van der Waals surface area contributed by atoms with Crippen LogP contribution in [0, 0.1) is 6.92 Å². The standard InChI is InChI=1S/C18H20N6OS/c1-12-16(26-11-21-12)18(25)20-9-7-13-10-15(24(2)3)23-17(22-13)14-6-4-5-8-19-14/h4-6,8,10-11H,7,9H2,1-3H3,(H,20,25). The molecule has 3 aromatic rings. The normalized spacial score (nSPS) is 10.6. The molecule has 0 spiro atoms. The average molecular weight is 368 g/mol. The molecule has 3 aromatic heterocycles. The molecular weight excluding hydrogens is 348 g/mol. The van der Waals surface area contributed by atoms with E-state index >= 15 is 0 Å². The SMILES string of the molecule is Cc1ncsc1C(=O)NCCc1cc(N(C)C)nc(-c2ccccn2)n1. The van der Waals surface area contributed by atoms with Gasteiger partial charge < -0.3 is 10.2 Å². The Morgan fingerprint density at radius 2 is 2.08 bits per heavy atom. The summed E-state index contributed by atoms with van der Waals surface area (Å²) in [5, 5.41) is 2.92. The molecule has 0 atom stereocenters. The van der Waals surface area contributed by atoms with Gasteiger partial charge in [-0.1, -0.05) is 6.07 Å². The van der Waals surface area contributed by atoms with Gasteiger partial charge in [0.25, 0.3) is 5.91 Å². The molecule has 0 aliphatic rings. The monoisotopic (exact) mass is 368 g/mol. The maximum Gasteiger partial charge on any atom is 0.263 e. The number of nitrogens with one attached hydrogen (secondary N) is 1. The van der Waals surface area contributed by atoms with Crippen molar-refractivity contribution in [3.05, 3.63) is 52.2 Å². The summed E-state index contributed by atoms with van der Waals surface area (Å²) in [6, 6.07) is 7.58. The van der Waals surface area contributed by atoms with Crippen LogP contribution in [0.15, 0.2) is 36.0 Å². The van der Waals surface area contributed by atoms with E-state index in [1.54, 1.807) is 11.7 Å². The molecule has 0 unspecified atom stereocenters. The lowest BCUT2D eigenvalue weighted by Gasteiger charge is -2.14. The van der Waals surface area contributed by atoms with Crippen LogP contribution in [-0.2, 0) is 6.42 Å². The predicted molar refractivity (Wildman–Crippen MR) is 102 cm³/mol. The molecular formula is C18H20N6OS. The molecule has 0 saturated heterocycles. The van der Waals surface area contributed by atoms with E-state index in [2.05, 4.69) is 25.3 Å². The lowest BCUT2D eigenvalue weighted by atomic mass is 10.2. The van der Waals surface area contributed by atoms with Gasteiger partial charge in [0.1, 0.15) is 16.4 Å². The first-order valence-electron chi connectivity index (χ1n) is 8.19. The van der Waals surface area contributed by atoms with Crippen molar-refractivity contribution < 1.29 is 4.79 Å². The molecule has 0 saturated carbocycles. The first-order chi connectivity index (χ1) is 12.5. The fraction of sp³-hybridized carbons (Fsp3) is 0.278. The fourth-order valence-electron chi connectivity index (χ4n) is 2.35. The summed E-state index contributed by atoms with van der Waals surface area (Å²) in [5.41, 5.74) is 4.01. The van der Waals surface area contributed by atoms with E-state index < -0.39 is 0 Å². The Morgan fingerprint density at radius 3 is 2.73 bits per heavy atom. The average Bonchev–Trinajstić information content (AvgIpc) is 3.08. The van der Waals surface area contributed by atoms with Crippen molar-refractivity contribution >= 4 is 23.1 Å². The molecule has 3 heterocycles. The first-order valence-corrected chi connectivity index (χ1v) is 9.07. The van der Waals surface area contributed by atoms with Gasteiger partial charge in [-0.3, -0.25) is 9.78 Å². The van der Waals surface area contributed by atoms with Gasteiger partial charge in [-0.25, -0.2) is 15.0 Å². The highest BCUT2D eigenvalue weighted by molar-refractivity contribution is 7.11. The maximum atomic E-state index is 12.2. The highest BCUT2D eigenvalue weighted by atomic mass is 32.1. The lowest BCUT2D eigenvalue weighted by Crippen LogP contribution is -2.26. The minimum atomic E-state index is -0.100. The van der Waals surface area contributed by atoms with Crippen LogP contribution in [-0.4, -0.2) is 46.5 Å². The van der Waals surface area contributed by atoms with E-state index in [0.717, 1.165) is 22.9 Å². The van der Waals surface area contributed by atoms with E-state index in [9.17, 15) is 4.79 Å². The number of rotatable bonds is 6. The van der Waals surface area contributed by atoms with Crippen LogP contribution in [0.5, 0.6) is 0 Å². The van der Waals surface area contributed by atoms with E-state index in [1.165, 1.54) is 11.3 Å². The quantitative estimate of drug-likeness (QED) is 0.719. The zero-order valence-electron chi connectivity index (χ0n) is 14.9. The highest BCUT2D eigenvalue weighted by Crippen LogP contribution is 2.17. The van der Waals surface area contributed by atoms with Gasteiger partial charge >= 0.3 is 0 Å². The Kier molecular flexibility index (Phi) is 5.52. The van der Waals surface area contributed by atoms with Crippen molar-refractivity contribution in [2.24, 2.45) is 0 Å². The van der Waals surface area contributed by atoms with Crippen LogP contribution in [0.1, 0.15) is 21.1 Å². The van der Waals surface area contributed by atoms with Crippen molar-refractivity contribution in [1.29, 1.82) is 0 Å². The maximum absolute atomic E-state index is 12.2. The summed E-state index contributed by atoms with van der Waals surface area (Å²) in [6.45, 7) is 2.32. The van der Waals surface area contributed by atoms with Crippen LogP contribution < -0.4 is 10.2 Å². The highest BCUT2D eigenvalue weighted by Gasteiger charge is 2.12. The molecule has 3 rings (SSSR count). The molecule has 0 aliphatic carbocycles. The van der Waals surface area contributed by atoms with Crippen molar-refractivity contribution in [1.82, 2.24) is 25.3 Å². The zero-order valence-corrected chi connectivity index (χ0v) is 15.7. The van der Waals surface area contributed by atoms with E-state index in [0.29, 0.717) is 23.7 Å². The third kappa shape index (κ3) is 4.20. The van der Waals surface area contributed by atoms with Gasteiger partial charge in [0.05, 0.1) is 11.2 Å². The second-order valence-corrected chi connectivity index (χ2v) is 6.78. The molecule has 0 radical (unpaired) electrons. The number of amides is 1. The number of pyridine rings is 1. The zero-order chi connectivity index (χ0) is 18.5. The number of aromatic nitrogens is 4. The third-order valence-corrected chi connectivity index (χ3v) is 4.66. The van der Waals surface area contributed by atoms with Crippen molar-refractivity contribution in [3.8, 4) is 11.5 Å². The van der Waals surface area contributed by atoms with Gasteiger partial charge in [-0.15, -0.1) is 11.3 Å². The Bertz CT molecular complexity index is 894. The van der Waals surface area contributed by atoms with Gasteiger partial charge in [-0.05, 0) is 19.1 Å². The number of nitrogens with zero attached hydrogens (tertiary/aromatic N) is 5. The minimum absolute atomic E-state index is 0.100. The van der Waals surface area contributed by atoms with Crippen molar-refractivity contribution in [2.45, 2.75) is 13.3 Å². The van der Waals surface area contributed by atoms with Crippen LogP contribution >= 0.6 is 11.3 Å². The molecule has 1 N–H and O–H groups in total. The summed E-state index contributed by atoms with van der Waals surface area (Å²) in [6.07, 6.45) is 2.32. The van der Waals surface area contributed by atoms with Crippen LogP contribution in [0.3, 0.4) is 0 Å². The summed E-state index contributed by atoms with van der Waals surface area (Å²) < 4.78 is 0. The van der Waals surface area contributed by atoms with Gasteiger partial charge in [-0.2, -0.15) is 0 Å². The number of aryl methyl sites for hydroxylation is 1. The minimum Gasteiger partial charge on any atom is -0.363 e. The Labute approximate surface area is 156 Å². The van der Waals surface area contributed by atoms with Crippen LogP contribution in [0.2, 0.25) is 0 Å². The Morgan fingerprint density at radius 1 is 1.23 bits per heavy atom. The Balaban J connectivity index is 1.74. The van der Waals surface area contributed by atoms with Gasteiger partial charge in [0.15, 0.2) is 5.82 Å². The largest absolute Gasteiger partial charge is 0.363 e. The molecule has 0 bridgehead atoms. The summed E-state index contributed by atoms with van der Waals surface area (Å²) in [5.74, 6) is 1.29. The smallest absolute Gasteiger partial charge is 0.263 e. The molecule has 0 aliphatic heterocycles. The molecule has 1 amide bonds. The number of hydrogen-bond acceptors (Lipinski definition) is 7. The molecule has 0 fully saturated rings. The van der Waals surface area contributed by atoms with E-state index in [1.807, 2.05) is 50.2 Å². The van der Waals surface area contributed by atoms with Crippen molar-refractivity contribution in [2.75, 3.05) is 25.5 Å². The topological polar surface area (TPSA) is 83.9 Å². The Hall–Kier alpha value is -2.87. The molecule has 7 nitrogen and oxygen atoms in total. The molecule has 134 valence electrons. The number of carbonyl (C=O) groups excluding carboxylic acids is 1. The second-order valence-electron chi connectivity index (χ2n) is 5.92. The van der Waals surface area contributed by atoms with E-state index in [-0.39, 0.29) is 5.91 Å². The van der Waals surface area contributed by atoms with Crippen LogP contribution in [0.25, 0.3) is 11.5 Å². The summed E-state index contributed by atoms with van der Waals surface area (Å²) >= 11 is 1.35. The van der Waals surface area contributed by atoms with Crippen molar-refractivity contribution in [3.63, 3.8) is 0 Å². The predicted octanol–water partition coefficient (Wildman–Crippen LogP) is 2.34. The number of carbonyl (C=O) groups is 1. The molecule has 26 heavy (non-hydrogen) atoms.